The van der Waals surface area contributed by atoms with Crippen LogP contribution in [0.2, 0.25) is 0 Å². The minimum absolute atomic E-state index is 1.11. The van der Waals surface area contributed by atoms with Gasteiger partial charge >= 0.3 is 0 Å². The summed E-state index contributed by atoms with van der Waals surface area (Å²) in [5.41, 5.74) is 0. The summed E-state index contributed by atoms with van der Waals surface area (Å²) in [4.78, 5) is 10.8. The largest absolute Gasteiger partial charge is 0.356 e. The van der Waals surface area contributed by atoms with Gasteiger partial charge in [-0.3, -0.25) is 0 Å². The lowest BCUT2D eigenvalue weighted by Crippen LogP contribution is -2.25. The molecule has 3 nitrogen and oxygen atoms in total. The minimum Gasteiger partial charge on any atom is -0.356 e. The van der Waals surface area contributed by atoms with E-state index in [0.29, 0.717) is 0 Å². The Kier molecular flexibility index (Phi) is 3.55. The zero-order valence-electron chi connectivity index (χ0n) is 8.12. The van der Waals surface area contributed by atoms with Gasteiger partial charge in [-0.15, -0.1) is 0 Å². The summed E-state index contributed by atoms with van der Waals surface area (Å²) in [7, 11) is 0. The lowest BCUT2D eigenvalue weighted by atomic mass is 10.2. The Morgan fingerprint density at radius 2 is 1.86 bits per heavy atom. The van der Waals surface area contributed by atoms with Crippen molar-refractivity contribution in [3.05, 3.63) is 16.1 Å². The van der Waals surface area contributed by atoms with Crippen LogP contribution in [0.3, 0.4) is 0 Å². The molecule has 1 aliphatic heterocycles. The van der Waals surface area contributed by atoms with Gasteiger partial charge in [0.15, 0.2) is 0 Å². The van der Waals surface area contributed by atoms with Crippen molar-refractivity contribution >= 4 is 28.4 Å². The fourth-order valence-electron chi connectivity index (χ4n) is 1.82. The molecule has 1 aliphatic rings. The van der Waals surface area contributed by atoms with E-state index in [4.69, 9.17) is 0 Å². The third-order valence-electron chi connectivity index (χ3n) is 2.55. The van der Waals surface area contributed by atoms with Crippen molar-refractivity contribution in [2.45, 2.75) is 25.7 Å². The Bertz CT molecular complexity index is 295. The zero-order chi connectivity index (χ0) is 9.80. The molecule has 0 atom stereocenters. The molecule has 0 amide bonds. The van der Waals surface area contributed by atoms with Crippen LogP contribution in [0.1, 0.15) is 25.7 Å². The van der Waals surface area contributed by atoms with Crippen LogP contribution in [-0.4, -0.2) is 23.1 Å². The molecule has 1 saturated heterocycles. The molecule has 14 heavy (non-hydrogen) atoms. The van der Waals surface area contributed by atoms with Gasteiger partial charge in [0.2, 0.25) is 0 Å². The number of halogens is 1. The number of rotatable bonds is 1. The first-order valence-electron chi connectivity index (χ1n) is 5.08. The summed E-state index contributed by atoms with van der Waals surface area (Å²) < 4.78 is 1.16. The molecule has 0 bridgehead atoms. The lowest BCUT2D eigenvalue weighted by Gasteiger charge is -2.21. The van der Waals surface area contributed by atoms with Gasteiger partial charge in [-0.05, 0) is 35.4 Å². The van der Waals surface area contributed by atoms with Crippen molar-refractivity contribution < 1.29 is 0 Å². The predicted octanol–water partition coefficient (Wildman–Crippen LogP) is 2.46. The molecular weight excluding hydrogens is 289 g/mol. The normalized spacial score (nSPS) is 17.9. The average molecular weight is 303 g/mol. The number of hydrogen-bond acceptors (Lipinski definition) is 3. The van der Waals surface area contributed by atoms with Crippen LogP contribution in [0.25, 0.3) is 0 Å². The third-order valence-corrected chi connectivity index (χ3v) is 3.31. The van der Waals surface area contributed by atoms with E-state index in [1.54, 1.807) is 6.33 Å². The lowest BCUT2D eigenvalue weighted by molar-refractivity contribution is 0.726. The quantitative estimate of drug-likeness (QED) is 0.746. The van der Waals surface area contributed by atoms with E-state index in [1.807, 2.05) is 6.20 Å². The van der Waals surface area contributed by atoms with E-state index >= 15 is 0 Å². The summed E-state index contributed by atoms with van der Waals surface area (Å²) in [6.07, 6.45) is 8.83. The maximum atomic E-state index is 4.35. The number of anilines is 1. The molecule has 1 aromatic heterocycles. The SMILES string of the molecule is Ic1cncnc1N1CCCCCC1. The summed E-state index contributed by atoms with van der Waals surface area (Å²) in [6, 6.07) is 0. The van der Waals surface area contributed by atoms with Gasteiger partial charge in [0.1, 0.15) is 12.1 Å². The Labute approximate surface area is 98.1 Å². The number of nitrogens with zero attached hydrogens (tertiary/aromatic N) is 3. The van der Waals surface area contributed by atoms with E-state index in [1.165, 1.54) is 25.7 Å². The summed E-state index contributed by atoms with van der Waals surface area (Å²) >= 11 is 2.31. The highest BCUT2D eigenvalue weighted by Gasteiger charge is 2.13. The monoisotopic (exact) mass is 303 g/mol. The molecule has 0 aliphatic carbocycles. The van der Waals surface area contributed by atoms with E-state index < -0.39 is 0 Å². The fraction of sp³-hybridized carbons (Fsp3) is 0.600. The molecule has 0 N–H and O–H groups in total. The molecule has 2 rings (SSSR count). The summed E-state index contributed by atoms with van der Waals surface area (Å²) in [6.45, 7) is 2.29. The van der Waals surface area contributed by atoms with E-state index in [2.05, 4.69) is 37.5 Å². The maximum Gasteiger partial charge on any atom is 0.145 e. The molecule has 0 spiro atoms. The Hall–Kier alpha value is -0.390. The molecule has 4 heteroatoms. The van der Waals surface area contributed by atoms with Crippen molar-refractivity contribution in [1.82, 2.24) is 9.97 Å². The molecular formula is C10H14IN3. The highest BCUT2D eigenvalue weighted by Crippen LogP contribution is 2.21. The van der Waals surface area contributed by atoms with Gasteiger partial charge in [0.25, 0.3) is 0 Å². The van der Waals surface area contributed by atoms with Gasteiger partial charge in [0.05, 0.1) is 3.57 Å². The smallest absolute Gasteiger partial charge is 0.145 e. The van der Waals surface area contributed by atoms with Crippen LogP contribution in [0.5, 0.6) is 0 Å². The van der Waals surface area contributed by atoms with Crippen LogP contribution < -0.4 is 4.90 Å². The molecule has 0 saturated carbocycles. The zero-order valence-corrected chi connectivity index (χ0v) is 10.3. The second kappa shape index (κ2) is 4.91. The average Bonchev–Trinajstić information content (AvgIpc) is 2.47. The first-order chi connectivity index (χ1) is 6.88. The molecule has 0 unspecified atom stereocenters. The van der Waals surface area contributed by atoms with E-state index in [0.717, 1.165) is 22.5 Å². The van der Waals surface area contributed by atoms with Crippen molar-refractivity contribution in [2.75, 3.05) is 18.0 Å². The van der Waals surface area contributed by atoms with Gasteiger partial charge in [0, 0.05) is 19.3 Å². The second-order valence-corrected chi connectivity index (χ2v) is 4.76. The Morgan fingerprint density at radius 1 is 1.14 bits per heavy atom. The summed E-state index contributed by atoms with van der Waals surface area (Å²) in [5, 5.41) is 0. The molecule has 0 aromatic carbocycles. The van der Waals surface area contributed by atoms with Gasteiger partial charge in [-0.25, -0.2) is 9.97 Å². The van der Waals surface area contributed by atoms with Gasteiger partial charge < -0.3 is 4.90 Å². The Morgan fingerprint density at radius 3 is 2.50 bits per heavy atom. The highest BCUT2D eigenvalue weighted by atomic mass is 127. The van der Waals surface area contributed by atoms with Crippen molar-refractivity contribution in [3.8, 4) is 0 Å². The van der Waals surface area contributed by atoms with Crippen molar-refractivity contribution in [1.29, 1.82) is 0 Å². The van der Waals surface area contributed by atoms with Crippen LogP contribution in [-0.2, 0) is 0 Å². The number of aromatic nitrogens is 2. The second-order valence-electron chi connectivity index (χ2n) is 3.60. The van der Waals surface area contributed by atoms with Crippen LogP contribution in [0.15, 0.2) is 12.5 Å². The molecule has 1 aromatic rings. The Balaban J connectivity index is 2.16. The van der Waals surface area contributed by atoms with Crippen molar-refractivity contribution in [3.63, 3.8) is 0 Å². The topological polar surface area (TPSA) is 29.0 Å². The number of hydrogen-bond donors (Lipinski definition) is 0. The molecule has 1 fully saturated rings. The fourth-order valence-corrected chi connectivity index (χ4v) is 2.46. The first kappa shape index (κ1) is 10.1. The summed E-state index contributed by atoms with van der Waals surface area (Å²) in [5.74, 6) is 1.11. The van der Waals surface area contributed by atoms with Crippen LogP contribution >= 0.6 is 22.6 Å². The predicted molar refractivity (Wildman–Crippen MR) is 65.4 cm³/mol. The maximum absolute atomic E-state index is 4.35. The van der Waals surface area contributed by atoms with E-state index in [-0.39, 0.29) is 0 Å². The third kappa shape index (κ3) is 2.34. The van der Waals surface area contributed by atoms with Crippen LogP contribution in [0, 0.1) is 3.57 Å². The minimum atomic E-state index is 1.11. The van der Waals surface area contributed by atoms with Gasteiger partial charge in [-0.1, -0.05) is 12.8 Å². The molecule has 2 heterocycles. The standard InChI is InChI=1S/C10H14IN3/c11-9-7-12-8-13-10(9)14-5-3-1-2-4-6-14/h7-8H,1-6H2. The van der Waals surface area contributed by atoms with Crippen LogP contribution in [0.4, 0.5) is 5.82 Å². The highest BCUT2D eigenvalue weighted by molar-refractivity contribution is 14.1. The molecule has 76 valence electrons. The van der Waals surface area contributed by atoms with Crippen molar-refractivity contribution in [2.24, 2.45) is 0 Å². The molecule has 0 radical (unpaired) electrons. The van der Waals surface area contributed by atoms with E-state index in [9.17, 15) is 0 Å². The van der Waals surface area contributed by atoms with Gasteiger partial charge in [-0.2, -0.15) is 0 Å². The first-order valence-corrected chi connectivity index (χ1v) is 6.16.